The Morgan fingerprint density at radius 2 is 0.856 bits per heavy atom. The number of aliphatic hydroxyl groups is 1. The highest BCUT2D eigenvalue weighted by Crippen LogP contribution is 2.11. The molecule has 0 radical (unpaired) electrons. The first-order chi connectivity index (χ1) is 50.6. The molecule has 0 spiro atoms. The van der Waals surface area contributed by atoms with Crippen molar-refractivity contribution in [2.24, 2.45) is 0 Å². The van der Waals surface area contributed by atoms with Crippen molar-refractivity contribution >= 4 is 39.5 Å². The number of aromatic nitrogens is 2. The van der Waals surface area contributed by atoms with Gasteiger partial charge in [-0.3, -0.25) is 4.98 Å². The number of methoxy groups -OCH3 is 1. The average Bonchev–Trinajstić information content (AvgIpc) is 1.47. The van der Waals surface area contributed by atoms with Crippen LogP contribution < -0.4 is 4.74 Å². The molecule has 104 heavy (non-hydrogen) atoms. The lowest BCUT2D eigenvalue weighted by atomic mass is 10.2. The Balaban J connectivity index is 0.000000573. The molecule has 8 nitrogen and oxygen atoms in total. The fourth-order valence-corrected chi connectivity index (χ4v) is 6.98. The van der Waals surface area contributed by atoms with Crippen molar-refractivity contribution in [3.8, 4) is 140 Å². The molecule has 2 N–H and O–H groups in total. The van der Waals surface area contributed by atoms with Gasteiger partial charge >= 0.3 is 11.9 Å². The summed E-state index contributed by atoms with van der Waals surface area (Å²) in [5.74, 6) is 33.9. The lowest BCUT2D eigenvalue weighted by molar-refractivity contribution is -0.136. The number of benzene rings is 9. The van der Waals surface area contributed by atoms with Gasteiger partial charge in [-0.1, -0.05) is 202 Å². The Labute approximate surface area is 627 Å². The minimum atomic E-state index is -1.10. The monoisotopic (exact) mass is 1440 g/mol. The van der Waals surface area contributed by atoms with Gasteiger partial charge < -0.3 is 19.7 Å². The van der Waals surface area contributed by atoms with E-state index in [4.69, 9.17) is 77.9 Å². The molecule has 2 heterocycles. The van der Waals surface area contributed by atoms with Gasteiger partial charge in [-0.2, -0.15) is 0 Å². The number of halogens is 3. The van der Waals surface area contributed by atoms with Crippen LogP contribution in [0.3, 0.4) is 0 Å². The van der Waals surface area contributed by atoms with Gasteiger partial charge in [-0.15, -0.1) is 57.3 Å². The van der Waals surface area contributed by atoms with Crippen LogP contribution >= 0.6 is 27.5 Å². The minimum Gasteiger partial charge on any atom is -0.497 e. The van der Waals surface area contributed by atoms with Crippen LogP contribution in [0, 0.1) is 140 Å². The maximum absolute atomic E-state index is 12.2. The maximum atomic E-state index is 12.2. The predicted molar refractivity (Wildman–Crippen MR) is 426 cm³/mol. The van der Waals surface area contributed by atoms with Crippen molar-refractivity contribution in [1.29, 1.82) is 0 Å². The molecule has 0 bridgehead atoms. The minimum absolute atomic E-state index is 0.0745. The topological polar surface area (TPSA) is 119 Å². The van der Waals surface area contributed by atoms with E-state index in [1.165, 1.54) is 17.7 Å². The predicted octanol–water partition coefficient (Wildman–Crippen LogP) is 17.6. The van der Waals surface area contributed by atoms with Gasteiger partial charge in [-0.25, -0.2) is 19.0 Å². The second-order valence-electron chi connectivity index (χ2n) is 19.0. The number of pyridine rings is 2. The first kappa shape index (κ1) is 87.9. The molecule has 0 amide bonds. The summed E-state index contributed by atoms with van der Waals surface area (Å²) in [5, 5.41) is 17.3. The summed E-state index contributed by atoms with van der Waals surface area (Å²) in [6.45, 7) is 2.04. The average molecular weight is 1450 g/mol. The molecule has 11 heteroatoms. The lowest BCUT2D eigenvalue weighted by Gasteiger charge is -1.96. The molecule has 0 aliphatic rings. The number of aliphatic hydroxyl groups excluding tert-OH is 1. The van der Waals surface area contributed by atoms with E-state index >= 15 is 0 Å². The van der Waals surface area contributed by atoms with Gasteiger partial charge in [0.15, 0.2) is 0 Å². The number of carboxylic acids is 1. The van der Waals surface area contributed by atoms with E-state index in [2.05, 4.69) is 108 Å². The van der Waals surface area contributed by atoms with Crippen LogP contribution in [0.4, 0.5) is 4.39 Å². The maximum Gasteiger partial charge on any atom is 0.384 e. The van der Waals surface area contributed by atoms with Gasteiger partial charge in [-0.05, 0) is 182 Å². The number of carbonyl (C=O) groups is 2. The number of ether oxygens (including phenoxy) is 2. The van der Waals surface area contributed by atoms with E-state index in [0.29, 0.717) is 22.9 Å². The molecule has 11 rings (SSSR count). The molecule has 0 aliphatic carbocycles. The Morgan fingerprint density at radius 1 is 0.462 bits per heavy atom. The zero-order chi connectivity index (χ0) is 76.3. The largest absolute Gasteiger partial charge is 0.497 e. The molecule has 11 aromatic rings. The van der Waals surface area contributed by atoms with Crippen molar-refractivity contribution in [2.75, 3.05) is 20.3 Å². The smallest absolute Gasteiger partial charge is 0.384 e. The molecule has 0 saturated carbocycles. The summed E-state index contributed by atoms with van der Waals surface area (Å²) in [5.41, 5.74) is 9.49. The van der Waals surface area contributed by atoms with Gasteiger partial charge in [0.25, 0.3) is 0 Å². The SMILES string of the molecule is C#CCc1ccccc1.C#Cc1ccc(Br)cc1.C#Cc1ccc(Cl)cc1.C#Cc1ccc(F)cc1.C#Cc1ccc(OC)cc1.C#Cc1ccccc1.C#Cc1ccccn1.C#Cc1cccnc1.CCOC(=O)C#Cc1ccccc1.O=C(O)C#Cc1ccccc1.OCC#Cc1ccccc1. The molecular weight excluding hydrogens is 1380 g/mol. The normalized spacial score (nSPS) is 8.21. The number of rotatable bonds is 3. The summed E-state index contributed by atoms with van der Waals surface area (Å²) in [6, 6.07) is 84.7. The standard InChI is InChI=1S/C11H10O2.C9H6O2.2C9H8O.C9H8.C8H5Br.C8H5Cl.C8H5F.C8H6.2C7H5N/c1-2-13-11(12)9-8-10-6-4-3-5-7-10;10-9(11)7-6-8-4-2-1-3-5-8;1-3-8-4-6-9(10-2)7-5-8;10-8-4-7-9-5-2-1-3-6-9;1-2-6-9-7-4-3-5-8-9;3*1-2-7-3-5-8(9)6-4-7;1-2-8-6-4-3-5-7-8;1-2-7-4-3-5-8-6-7;1-2-7-5-3-4-6-8-7/h3-7H,2H2,1H3;1-5H,(H,10,11);1,4-7H,2H3;1-3,5-6,10H,8H2;1,3-5,7-8H,6H2;3*1,3-6H;1,3-7H;2*1,3-6H. The number of esters is 1. The van der Waals surface area contributed by atoms with Crippen LogP contribution in [0.15, 0.2) is 302 Å². The van der Waals surface area contributed by atoms with Gasteiger partial charge in [0.2, 0.25) is 0 Å². The number of carboxylic acid groups (broad SMARTS) is 1. The summed E-state index contributed by atoms with van der Waals surface area (Å²) in [4.78, 5) is 28.5. The molecule has 0 atom stereocenters. The second-order valence-corrected chi connectivity index (χ2v) is 20.4. The first-order valence-corrected chi connectivity index (χ1v) is 32.0. The fraction of sp³-hybridized carbons (Fsp3) is 0.0538. The van der Waals surface area contributed by atoms with E-state index in [1.54, 1.807) is 75.1 Å². The summed E-state index contributed by atoms with van der Waals surface area (Å²) >= 11 is 8.91. The Bertz CT molecular complexity index is 4500. The van der Waals surface area contributed by atoms with Crippen molar-refractivity contribution in [3.05, 3.63) is 374 Å². The first-order valence-electron chi connectivity index (χ1n) is 30.8. The van der Waals surface area contributed by atoms with Gasteiger partial charge in [0.05, 0.1) is 13.7 Å². The number of aliphatic carboxylic acids is 1. The quantitative estimate of drug-likeness (QED) is 0.133. The highest BCUT2D eigenvalue weighted by Gasteiger charge is 1.94. The highest BCUT2D eigenvalue weighted by atomic mass is 79.9. The Hall–Kier alpha value is -14.2. The van der Waals surface area contributed by atoms with Crippen molar-refractivity contribution in [1.82, 2.24) is 9.97 Å². The van der Waals surface area contributed by atoms with E-state index in [0.717, 1.165) is 61.2 Å². The second kappa shape index (κ2) is 60.1. The van der Waals surface area contributed by atoms with Crippen LogP contribution in [0.25, 0.3) is 0 Å². The molecule has 9 aromatic carbocycles. The van der Waals surface area contributed by atoms with E-state index in [-0.39, 0.29) is 12.4 Å². The summed E-state index contributed by atoms with van der Waals surface area (Å²) < 4.78 is 22.8. The van der Waals surface area contributed by atoms with Crippen LogP contribution in [-0.2, 0) is 20.7 Å². The zero-order valence-electron chi connectivity index (χ0n) is 57.1. The summed E-state index contributed by atoms with van der Waals surface area (Å²) in [6.07, 6.45) is 46.5. The lowest BCUT2D eigenvalue weighted by Crippen LogP contribution is -1.99. The van der Waals surface area contributed by atoms with E-state index in [1.807, 2.05) is 230 Å². The van der Waals surface area contributed by atoms with E-state index < -0.39 is 11.9 Å². The highest BCUT2D eigenvalue weighted by molar-refractivity contribution is 9.10. The summed E-state index contributed by atoms with van der Waals surface area (Å²) in [7, 11) is 1.63. The van der Waals surface area contributed by atoms with Gasteiger partial charge in [0, 0.05) is 96.4 Å². The molecule has 2 aromatic heterocycles. The third-order valence-corrected chi connectivity index (χ3v) is 12.3. The number of hydrogen-bond donors (Lipinski definition) is 2. The number of hydrogen-bond acceptors (Lipinski definition) is 7. The third kappa shape index (κ3) is 47.7. The van der Waals surface area contributed by atoms with E-state index in [9.17, 15) is 14.0 Å². The molecule has 0 saturated heterocycles. The number of terminal acetylenes is 8. The Kier molecular flexibility index (Phi) is 50.7. The third-order valence-electron chi connectivity index (χ3n) is 11.6. The van der Waals surface area contributed by atoms with Crippen LogP contribution in [0.5, 0.6) is 5.75 Å². The fourth-order valence-electron chi connectivity index (χ4n) is 6.59. The van der Waals surface area contributed by atoms with Crippen LogP contribution in [0.2, 0.25) is 5.02 Å². The molecule has 0 unspecified atom stereocenters. The van der Waals surface area contributed by atoms with Crippen LogP contribution in [-0.4, -0.2) is 52.4 Å². The number of carbonyl (C=O) groups excluding carboxylic acids is 1. The Morgan fingerprint density at radius 3 is 1.21 bits per heavy atom. The van der Waals surface area contributed by atoms with Crippen molar-refractivity contribution in [2.45, 2.75) is 13.3 Å². The molecule has 0 fully saturated rings. The molecule has 0 aliphatic heterocycles. The van der Waals surface area contributed by atoms with Crippen molar-refractivity contribution in [3.63, 3.8) is 0 Å². The van der Waals surface area contributed by atoms with Crippen molar-refractivity contribution < 1.29 is 33.7 Å². The number of nitrogens with zero attached hydrogens (tertiary/aromatic N) is 2. The molecule has 510 valence electrons. The van der Waals surface area contributed by atoms with Crippen LogP contribution in [0.1, 0.15) is 68.3 Å². The zero-order valence-corrected chi connectivity index (χ0v) is 59.4. The van der Waals surface area contributed by atoms with Gasteiger partial charge in [0.1, 0.15) is 23.9 Å². The molecular formula is C93H71BrClFN2O6.